The van der Waals surface area contributed by atoms with E-state index in [2.05, 4.69) is 27.5 Å². The Bertz CT molecular complexity index is 688. The molecule has 3 N–H and O–H groups in total. The molecule has 7 heteroatoms. The van der Waals surface area contributed by atoms with E-state index in [1.165, 1.54) is 6.92 Å². The van der Waals surface area contributed by atoms with Gasteiger partial charge in [0.1, 0.15) is 6.61 Å². The van der Waals surface area contributed by atoms with Crippen LogP contribution < -0.4 is 15.4 Å². The largest absolute Gasteiger partial charge is 0.483 e. The first-order chi connectivity index (χ1) is 12.6. The molecule has 0 saturated carbocycles. The van der Waals surface area contributed by atoms with E-state index in [4.69, 9.17) is 4.74 Å². The Kier molecular flexibility index (Phi) is 7.82. The average Bonchev–Trinajstić information content (AvgIpc) is 2.62. The van der Waals surface area contributed by atoms with Crippen molar-refractivity contribution < 1.29 is 14.6 Å². The molecule has 0 aliphatic carbocycles. The van der Waals surface area contributed by atoms with Gasteiger partial charge in [-0.1, -0.05) is 43.7 Å². The molecule has 0 bridgehead atoms. The fourth-order valence-electron chi connectivity index (χ4n) is 2.52. The zero-order chi connectivity index (χ0) is 18.8. The number of aliphatic hydroxyl groups is 1. The van der Waals surface area contributed by atoms with E-state index in [9.17, 15) is 9.90 Å². The second-order valence-electron chi connectivity index (χ2n) is 6.00. The Balaban J connectivity index is 2.19. The molecule has 0 radical (unpaired) electrons. The quantitative estimate of drug-likeness (QED) is 0.604. The molecule has 0 aliphatic rings. The average molecular weight is 358 g/mol. The third kappa shape index (κ3) is 6.33. The number of nitrogens with zero attached hydrogens (tertiary/aromatic N) is 2. The summed E-state index contributed by atoms with van der Waals surface area (Å²) in [5.41, 5.74) is 1.03. The van der Waals surface area contributed by atoms with Crippen molar-refractivity contribution in [2.45, 2.75) is 45.8 Å². The SMILES string of the molecule is CCC[C@@H](CCO)Nc1nc(NC(C)=O)ncc1OCc1ccccc1. The number of carbonyl (C=O) groups excluding carboxylic acids is 1. The van der Waals surface area contributed by atoms with E-state index < -0.39 is 0 Å². The van der Waals surface area contributed by atoms with E-state index in [1.807, 2.05) is 30.3 Å². The van der Waals surface area contributed by atoms with Gasteiger partial charge in [0.25, 0.3) is 0 Å². The molecule has 1 aromatic carbocycles. The number of carbonyl (C=O) groups is 1. The van der Waals surface area contributed by atoms with Crippen LogP contribution >= 0.6 is 0 Å². The van der Waals surface area contributed by atoms with Crippen LogP contribution in [0, 0.1) is 0 Å². The lowest BCUT2D eigenvalue weighted by atomic mass is 10.1. The maximum atomic E-state index is 11.3. The highest BCUT2D eigenvalue weighted by atomic mass is 16.5. The van der Waals surface area contributed by atoms with Gasteiger partial charge in [0.05, 0.1) is 6.20 Å². The van der Waals surface area contributed by atoms with E-state index in [0.717, 1.165) is 18.4 Å². The van der Waals surface area contributed by atoms with Crippen LogP contribution in [-0.4, -0.2) is 33.6 Å². The lowest BCUT2D eigenvalue weighted by Crippen LogP contribution is -2.22. The molecule has 140 valence electrons. The molecule has 0 saturated heterocycles. The second kappa shape index (κ2) is 10.4. The van der Waals surface area contributed by atoms with Crippen LogP contribution in [0.15, 0.2) is 36.5 Å². The summed E-state index contributed by atoms with van der Waals surface area (Å²) < 4.78 is 5.88. The van der Waals surface area contributed by atoms with Gasteiger partial charge >= 0.3 is 0 Å². The zero-order valence-electron chi connectivity index (χ0n) is 15.2. The molecule has 2 rings (SSSR count). The maximum Gasteiger partial charge on any atom is 0.231 e. The topological polar surface area (TPSA) is 96.4 Å². The summed E-state index contributed by atoms with van der Waals surface area (Å²) in [5.74, 6) is 0.981. The predicted molar refractivity (Wildman–Crippen MR) is 101 cm³/mol. The van der Waals surface area contributed by atoms with Gasteiger partial charge in [-0.25, -0.2) is 4.98 Å². The number of anilines is 2. The molecular formula is C19H26N4O3. The normalized spacial score (nSPS) is 11.7. The monoisotopic (exact) mass is 358 g/mol. The number of hydrogen-bond acceptors (Lipinski definition) is 6. The summed E-state index contributed by atoms with van der Waals surface area (Å²) in [6.45, 7) is 3.96. The Labute approximate surface area is 153 Å². The highest BCUT2D eigenvalue weighted by molar-refractivity contribution is 5.86. The molecule has 7 nitrogen and oxygen atoms in total. The number of amides is 1. The lowest BCUT2D eigenvalue weighted by Gasteiger charge is -2.20. The summed E-state index contributed by atoms with van der Waals surface area (Å²) >= 11 is 0. The molecule has 0 aliphatic heterocycles. The number of hydrogen-bond donors (Lipinski definition) is 3. The van der Waals surface area contributed by atoms with Crippen LogP contribution in [0.5, 0.6) is 5.75 Å². The summed E-state index contributed by atoms with van der Waals surface area (Å²) in [6.07, 6.45) is 4.01. The Hall–Kier alpha value is -2.67. The van der Waals surface area contributed by atoms with Crippen molar-refractivity contribution in [1.29, 1.82) is 0 Å². The van der Waals surface area contributed by atoms with Gasteiger partial charge < -0.3 is 15.2 Å². The Morgan fingerprint density at radius 2 is 2.04 bits per heavy atom. The lowest BCUT2D eigenvalue weighted by molar-refractivity contribution is -0.114. The van der Waals surface area contributed by atoms with Crippen molar-refractivity contribution >= 4 is 17.7 Å². The predicted octanol–water partition coefficient (Wildman–Crippen LogP) is 2.98. The van der Waals surface area contributed by atoms with E-state index in [1.54, 1.807) is 6.20 Å². The van der Waals surface area contributed by atoms with Crippen LogP contribution in [0.2, 0.25) is 0 Å². The second-order valence-corrected chi connectivity index (χ2v) is 6.00. The number of benzene rings is 1. The molecule has 1 atom stereocenters. The highest BCUT2D eigenvalue weighted by Crippen LogP contribution is 2.25. The van der Waals surface area contributed by atoms with Crippen molar-refractivity contribution in [3.63, 3.8) is 0 Å². The standard InChI is InChI=1S/C19H26N4O3/c1-3-7-16(10-11-24)22-18-17(12-20-19(23-18)21-14(2)25)26-13-15-8-5-4-6-9-15/h4-6,8-9,12,16,24H,3,7,10-11,13H2,1-2H3,(H2,20,21,22,23,25)/t16-/m0/s1. The van der Waals surface area contributed by atoms with Crippen LogP contribution in [0.1, 0.15) is 38.7 Å². The van der Waals surface area contributed by atoms with Crippen LogP contribution in [0.25, 0.3) is 0 Å². The van der Waals surface area contributed by atoms with E-state index in [-0.39, 0.29) is 24.5 Å². The molecule has 1 amide bonds. The molecule has 1 aromatic heterocycles. The first-order valence-corrected chi connectivity index (χ1v) is 8.81. The summed E-state index contributed by atoms with van der Waals surface area (Å²) in [6, 6.07) is 9.87. The minimum absolute atomic E-state index is 0.0594. The highest BCUT2D eigenvalue weighted by Gasteiger charge is 2.14. The van der Waals surface area contributed by atoms with Gasteiger partial charge in [0.2, 0.25) is 11.9 Å². The third-order valence-corrected chi connectivity index (χ3v) is 3.74. The van der Waals surface area contributed by atoms with Crippen molar-refractivity contribution in [2.75, 3.05) is 17.2 Å². The summed E-state index contributed by atoms with van der Waals surface area (Å²) in [5, 5.41) is 15.2. The molecule has 0 fully saturated rings. The minimum atomic E-state index is -0.241. The van der Waals surface area contributed by atoms with Gasteiger partial charge in [-0.05, 0) is 18.4 Å². The minimum Gasteiger partial charge on any atom is -0.483 e. The van der Waals surface area contributed by atoms with Gasteiger partial charge in [-0.3, -0.25) is 10.1 Å². The van der Waals surface area contributed by atoms with Crippen molar-refractivity contribution in [3.8, 4) is 5.75 Å². The van der Waals surface area contributed by atoms with E-state index in [0.29, 0.717) is 24.6 Å². The molecule has 2 aromatic rings. The van der Waals surface area contributed by atoms with Gasteiger partial charge in [-0.15, -0.1) is 0 Å². The van der Waals surface area contributed by atoms with Crippen LogP contribution in [0.4, 0.5) is 11.8 Å². The van der Waals surface area contributed by atoms with Crippen molar-refractivity contribution in [3.05, 3.63) is 42.1 Å². The smallest absolute Gasteiger partial charge is 0.231 e. The maximum absolute atomic E-state index is 11.3. The summed E-state index contributed by atoms with van der Waals surface area (Å²) in [7, 11) is 0. The van der Waals surface area contributed by atoms with Gasteiger partial charge in [0.15, 0.2) is 11.6 Å². The summed E-state index contributed by atoms with van der Waals surface area (Å²) in [4.78, 5) is 19.8. The van der Waals surface area contributed by atoms with E-state index >= 15 is 0 Å². The number of nitrogens with one attached hydrogen (secondary N) is 2. The molecule has 0 unspecified atom stereocenters. The van der Waals surface area contributed by atoms with Crippen LogP contribution in [0.3, 0.4) is 0 Å². The van der Waals surface area contributed by atoms with Gasteiger partial charge in [0, 0.05) is 19.6 Å². The van der Waals surface area contributed by atoms with Gasteiger partial charge in [-0.2, -0.15) is 4.98 Å². The van der Waals surface area contributed by atoms with Crippen molar-refractivity contribution in [2.24, 2.45) is 0 Å². The third-order valence-electron chi connectivity index (χ3n) is 3.74. The molecule has 26 heavy (non-hydrogen) atoms. The molecule has 1 heterocycles. The number of aromatic nitrogens is 2. The zero-order valence-corrected chi connectivity index (χ0v) is 15.2. The molecule has 0 spiro atoms. The fourth-order valence-corrected chi connectivity index (χ4v) is 2.52. The number of ether oxygens (including phenoxy) is 1. The van der Waals surface area contributed by atoms with Crippen molar-refractivity contribution in [1.82, 2.24) is 9.97 Å². The first kappa shape index (κ1) is 19.7. The Morgan fingerprint density at radius 3 is 2.69 bits per heavy atom. The molecular weight excluding hydrogens is 332 g/mol. The van der Waals surface area contributed by atoms with Crippen LogP contribution in [-0.2, 0) is 11.4 Å². The Morgan fingerprint density at radius 1 is 1.27 bits per heavy atom. The number of aliphatic hydroxyl groups excluding tert-OH is 1. The first-order valence-electron chi connectivity index (χ1n) is 8.81. The fraction of sp³-hybridized carbons (Fsp3) is 0.421. The number of rotatable bonds is 10.